The van der Waals surface area contributed by atoms with Crippen molar-refractivity contribution in [3.8, 4) is 0 Å². The van der Waals surface area contributed by atoms with Crippen molar-refractivity contribution in [1.82, 2.24) is 4.72 Å². The fraction of sp³-hybridized carbons (Fsp3) is 0.692. The molecule has 6 heteroatoms. The van der Waals surface area contributed by atoms with Gasteiger partial charge in [-0.3, -0.25) is 0 Å². The van der Waals surface area contributed by atoms with E-state index in [0.717, 1.165) is 34.3 Å². The van der Waals surface area contributed by atoms with Gasteiger partial charge in [0.05, 0.1) is 8.68 Å². The molecule has 1 aromatic rings. The van der Waals surface area contributed by atoms with Gasteiger partial charge in [0.2, 0.25) is 10.0 Å². The van der Waals surface area contributed by atoms with E-state index in [9.17, 15) is 8.42 Å². The Bertz CT molecular complexity index is 539. The molecular weight excluding hydrogens is 346 g/mol. The van der Waals surface area contributed by atoms with Gasteiger partial charge in [0.15, 0.2) is 0 Å². The Balaban J connectivity index is 2.11. The van der Waals surface area contributed by atoms with E-state index in [0.29, 0.717) is 10.8 Å². The minimum atomic E-state index is -3.37. The van der Waals surface area contributed by atoms with Gasteiger partial charge in [-0.2, -0.15) is 0 Å². The first-order valence-electron chi connectivity index (χ1n) is 6.70. The zero-order valence-corrected chi connectivity index (χ0v) is 14.5. The highest BCUT2D eigenvalue weighted by Crippen LogP contribution is 2.31. The van der Waals surface area contributed by atoms with Crippen LogP contribution in [0.1, 0.15) is 43.9 Å². The van der Waals surface area contributed by atoms with Crippen LogP contribution in [0.3, 0.4) is 0 Å². The van der Waals surface area contributed by atoms with Crippen LogP contribution in [-0.2, 0) is 10.0 Å². The Morgan fingerprint density at radius 3 is 2.79 bits per heavy atom. The van der Waals surface area contributed by atoms with Crippen LogP contribution < -0.4 is 4.72 Å². The number of hydrogen-bond donors (Lipinski definition) is 1. The van der Waals surface area contributed by atoms with Gasteiger partial charge in [0.1, 0.15) is 0 Å². The Hall–Kier alpha value is 0.0900. The van der Waals surface area contributed by atoms with Crippen LogP contribution in [0.25, 0.3) is 0 Å². The maximum atomic E-state index is 12.4. The summed E-state index contributed by atoms with van der Waals surface area (Å²) in [5, 5.41) is 0. The van der Waals surface area contributed by atoms with Gasteiger partial charge in [0.25, 0.3) is 0 Å². The fourth-order valence-corrected chi connectivity index (χ4v) is 6.45. The van der Waals surface area contributed by atoms with Crippen LogP contribution in [0.4, 0.5) is 0 Å². The largest absolute Gasteiger partial charge is 0.241 e. The molecule has 19 heavy (non-hydrogen) atoms. The zero-order valence-electron chi connectivity index (χ0n) is 11.3. The van der Waals surface area contributed by atoms with Crippen molar-refractivity contribution in [3.63, 3.8) is 0 Å². The quantitative estimate of drug-likeness (QED) is 0.873. The number of sulfonamides is 1. The van der Waals surface area contributed by atoms with E-state index in [2.05, 4.69) is 27.6 Å². The average molecular weight is 366 g/mol. The lowest BCUT2D eigenvalue weighted by molar-refractivity contribution is 0.301. The minimum Gasteiger partial charge on any atom is -0.208 e. The van der Waals surface area contributed by atoms with Gasteiger partial charge in [0, 0.05) is 10.9 Å². The Morgan fingerprint density at radius 2 is 2.21 bits per heavy atom. The topological polar surface area (TPSA) is 46.2 Å². The first kappa shape index (κ1) is 15.5. The first-order chi connectivity index (χ1) is 8.92. The molecule has 1 aliphatic rings. The summed E-state index contributed by atoms with van der Waals surface area (Å²) in [6.45, 7) is 4.03. The highest BCUT2D eigenvalue weighted by Gasteiger charge is 2.27. The first-order valence-corrected chi connectivity index (χ1v) is 9.80. The maximum absolute atomic E-state index is 12.4. The van der Waals surface area contributed by atoms with E-state index in [1.54, 1.807) is 6.07 Å². The molecule has 1 heterocycles. The summed E-state index contributed by atoms with van der Waals surface area (Å²) >= 11 is 4.81. The molecule has 1 fully saturated rings. The highest BCUT2D eigenvalue weighted by atomic mass is 79.9. The molecule has 0 aromatic carbocycles. The van der Waals surface area contributed by atoms with Crippen molar-refractivity contribution in [2.24, 2.45) is 5.92 Å². The van der Waals surface area contributed by atoms with Gasteiger partial charge in [-0.15, -0.1) is 11.3 Å². The number of halogens is 1. The van der Waals surface area contributed by atoms with Crippen molar-refractivity contribution in [3.05, 3.63) is 14.7 Å². The molecule has 2 atom stereocenters. The number of hydrogen-bond acceptors (Lipinski definition) is 3. The SMILES string of the molecule is CCC1CCCC(NS(=O)(=O)c2cc(Br)sc2C)C1. The molecule has 1 aliphatic carbocycles. The predicted molar refractivity (Wildman–Crippen MR) is 83.1 cm³/mol. The summed E-state index contributed by atoms with van der Waals surface area (Å²) in [7, 11) is -3.37. The van der Waals surface area contributed by atoms with Gasteiger partial charge >= 0.3 is 0 Å². The standard InChI is InChI=1S/C13H20BrNO2S2/c1-3-10-5-4-6-11(7-10)15-19(16,17)12-8-13(14)18-9(12)2/h8,10-11,15H,3-7H2,1-2H3. The Kier molecular flexibility index (Phi) is 5.09. The molecule has 0 bridgehead atoms. The van der Waals surface area contributed by atoms with Gasteiger partial charge in [-0.25, -0.2) is 13.1 Å². The van der Waals surface area contributed by atoms with Crippen LogP contribution in [-0.4, -0.2) is 14.5 Å². The molecule has 1 aromatic heterocycles. The smallest absolute Gasteiger partial charge is 0.208 e. The summed E-state index contributed by atoms with van der Waals surface area (Å²) in [6, 6.07) is 1.80. The molecule has 3 nitrogen and oxygen atoms in total. The van der Waals surface area contributed by atoms with Crippen molar-refractivity contribution in [2.75, 3.05) is 0 Å². The molecule has 0 radical (unpaired) electrons. The summed E-state index contributed by atoms with van der Waals surface area (Å²) in [4.78, 5) is 1.25. The van der Waals surface area contributed by atoms with E-state index < -0.39 is 10.0 Å². The van der Waals surface area contributed by atoms with Gasteiger partial charge in [-0.05, 0) is 47.7 Å². The fourth-order valence-electron chi connectivity index (χ4n) is 2.75. The van der Waals surface area contributed by atoms with E-state index >= 15 is 0 Å². The average Bonchev–Trinajstić information content (AvgIpc) is 2.69. The molecule has 1 saturated carbocycles. The molecular formula is C13H20BrNO2S2. The van der Waals surface area contributed by atoms with Crippen molar-refractivity contribution in [2.45, 2.75) is 56.9 Å². The third-order valence-electron chi connectivity index (χ3n) is 3.81. The summed E-state index contributed by atoms with van der Waals surface area (Å²) in [6.07, 6.45) is 5.43. The highest BCUT2D eigenvalue weighted by molar-refractivity contribution is 9.11. The van der Waals surface area contributed by atoms with Crippen LogP contribution in [0, 0.1) is 12.8 Å². The molecule has 0 amide bonds. The lowest BCUT2D eigenvalue weighted by atomic mass is 9.85. The number of rotatable bonds is 4. The lowest BCUT2D eigenvalue weighted by Crippen LogP contribution is -2.38. The van der Waals surface area contributed by atoms with Crippen LogP contribution in [0.15, 0.2) is 14.7 Å². The van der Waals surface area contributed by atoms with Gasteiger partial charge in [-0.1, -0.05) is 26.2 Å². The van der Waals surface area contributed by atoms with E-state index in [-0.39, 0.29) is 6.04 Å². The van der Waals surface area contributed by atoms with Crippen LogP contribution >= 0.6 is 27.3 Å². The zero-order chi connectivity index (χ0) is 14.0. The van der Waals surface area contributed by atoms with Crippen LogP contribution in [0.5, 0.6) is 0 Å². The molecule has 0 saturated heterocycles. The third kappa shape index (κ3) is 3.80. The normalized spacial score (nSPS) is 24.6. The monoisotopic (exact) mass is 365 g/mol. The second kappa shape index (κ2) is 6.24. The number of nitrogens with one attached hydrogen (secondary N) is 1. The minimum absolute atomic E-state index is 0.0989. The van der Waals surface area contributed by atoms with Gasteiger partial charge < -0.3 is 0 Å². The second-order valence-electron chi connectivity index (χ2n) is 5.23. The van der Waals surface area contributed by atoms with E-state index in [1.807, 2.05) is 6.92 Å². The van der Waals surface area contributed by atoms with E-state index in [4.69, 9.17) is 0 Å². The van der Waals surface area contributed by atoms with Crippen molar-refractivity contribution >= 4 is 37.3 Å². The van der Waals surface area contributed by atoms with Crippen molar-refractivity contribution in [1.29, 1.82) is 0 Å². The van der Waals surface area contributed by atoms with E-state index in [1.165, 1.54) is 17.8 Å². The lowest BCUT2D eigenvalue weighted by Gasteiger charge is -2.28. The maximum Gasteiger partial charge on any atom is 0.241 e. The Labute approximate surface area is 128 Å². The number of thiophene rings is 1. The predicted octanol–water partition coefficient (Wildman–Crippen LogP) is 4.07. The molecule has 108 valence electrons. The molecule has 0 aliphatic heterocycles. The Morgan fingerprint density at radius 1 is 1.47 bits per heavy atom. The van der Waals surface area contributed by atoms with Crippen LogP contribution in [0.2, 0.25) is 0 Å². The van der Waals surface area contributed by atoms with Crippen molar-refractivity contribution < 1.29 is 8.42 Å². The second-order valence-corrected chi connectivity index (χ2v) is 9.55. The molecule has 2 unspecified atom stereocenters. The third-order valence-corrected chi connectivity index (χ3v) is 7.14. The summed E-state index contributed by atoms with van der Waals surface area (Å²) in [5.74, 6) is 0.664. The summed E-state index contributed by atoms with van der Waals surface area (Å²) < 4.78 is 28.6. The molecule has 2 rings (SSSR count). The number of aryl methyl sites for hydroxylation is 1. The summed E-state index contributed by atoms with van der Waals surface area (Å²) in [5.41, 5.74) is 0. The molecule has 1 N–H and O–H groups in total. The molecule has 0 spiro atoms.